The van der Waals surface area contributed by atoms with E-state index in [0.29, 0.717) is 11.3 Å². The Bertz CT molecular complexity index is 851. The van der Waals surface area contributed by atoms with Crippen LogP contribution < -0.4 is 4.67 Å². The third-order valence-corrected chi connectivity index (χ3v) is 4.21. The van der Waals surface area contributed by atoms with Crippen molar-refractivity contribution in [2.45, 2.75) is 6.92 Å². The van der Waals surface area contributed by atoms with E-state index in [1.165, 1.54) is 11.5 Å². The van der Waals surface area contributed by atoms with Gasteiger partial charge < -0.3 is 4.74 Å². The minimum Gasteiger partial charge on any atom is -0.448 e. The molecule has 0 unspecified atom stereocenters. The quantitative estimate of drug-likeness (QED) is 0.722. The van der Waals surface area contributed by atoms with E-state index in [2.05, 4.69) is 4.99 Å². The molecule has 0 spiro atoms. The zero-order valence-corrected chi connectivity index (χ0v) is 13.5. The van der Waals surface area contributed by atoms with Crippen molar-refractivity contribution in [1.82, 2.24) is 3.96 Å². The number of hydrogen-bond acceptors (Lipinski definition) is 3. The van der Waals surface area contributed by atoms with E-state index in [9.17, 15) is 4.79 Å². The Morgan fingerprint density at radius 1 is 1.09 bits per heavy atom. The summed E-state index contributed by atoms with van der Waals surface area (Å²) >= 11 is 1.41. The number of carbonyl (C=O) groups excluding carboxylic acids is 1. The van der Waals surface area contributed by atoms with E-state index in [1.54, 1.807) is 6.92 Å². The molecule has 4 nitrogen and oxygen atoms in total. The van der Waals surface area contributed by atoms with Gasteiger partial charge in [0.05, 0.1) is 12.3 Å². The lowest BCUT2D eigenvalue weighted by molar-refractivity contribution is 0.162. The first kappa shape index (κ1) is 15.2. The van der Waals surface area contributed by atoms with Gasteiger partial charge in [-0.25, -0.2) is 4.79 Å². The van der Waals surface area contributed by atoms with Crippen LogP contribution in [0.15, 0.2) is 71.9 Å². The molecule has 1 amide bonds. The normalized spacial score (nSPS) is 11.4. The molecule has 3 aromatic rings. The summed E-state index contributed by atoms with van der Waals surface area (Å²) in [6.45, 7) is 2.08. The Morgan fingerprint density at radius 2 is 1.74 bits per heavy atom. The summed E-state index contributed by atoms with van der Waals surface area (Å²) in [5, 5.41) is 0. The molecule has 0 fully saturated rings. The zero-order valence-electron chi connectivity index (χ0n) is 12.7. The first-order valence-corrected chi connectivity index (χ1v) is 8.10. The Hall–Kier alpha value is -2.66. The Kier molecular flexibility index (Phi) is 4.68. The number of carbonyl (C=O) groups is 1. The molecule has 0 aliphatic heterocycles. The molecular weight excluding hydrogens is 308 g/mol. The smallest absolute Gasteiger partial charge is 0.435 e. The van der Waals surface area contributed by atoms with Crippen LogP contribution in [0.2, 0.25) is 0 Å². The predicted molar refractivity (Wildman–Crippen MR) is 91.7 cm³/mol. The highest BCUT2D eigenvalue weighted by atomic mass is 32.1. The van der Waals surface area contributed by atoms with Gasteiger partial charge in [0.2, 0.25) is 0 Å². The van der Waals surface area contributed by atoms with Crippen molar-refractivity contribution < 1.29 is 9.53 Å². The molecule has 0 N–H and O–H groups in total. The average Bonchev–Trinajstić information content (AvgIpc) is 3.00. The third-order valence-electron chi connectivity index (χ3n) is 3.22. The molecule has 0 bridgehead atoms. The number of benzene rings is 2. The highest BCUT2D eigenvalue weighted by Crippen LogP contribution is 2.20. The van der Waals surface area contributed by atoms with Crippen LogP contribution >= 0.6 is 11.5 Å². The minimum absolute atomic E-state index is 0.313. The van der Waals surface area contributed by atoms with E-state index < -0.39 is 6.09 Å². The predicted octanol–water partition coefficient (Wildman–Crippen LogP) is 4.26. The van der Waals surface area contributed by atoms with Crippen molar-refractivity contribution in [3.05, 3.63) is 71.5 Å². The number of aromatic nitrogens is 1. The third kappa shape index (κ3) is 3.57. The van der Waals surface area contributed by atoms with Gasteiger partial charge in [-0.15, -0.1) is 0 Å². The van der Waals surface area contributed by atoms with Crippen LogP contribution in [0.4, 0.5) is 4.79 Å². The van der Waals surface area contributed by atoms with Crippen LogP contribution in [0.3, 0.4) is 0 Å². The number of ether oxygens (including phenoxy) is 1. The highest BCUT2D eigenvalue weighted by Gasteiger charge is 2.09. The maximum atomic E-state index is 11.8. The molecule has 1 aromatic heterocycles. The molecule has 0 atom stereocenters. The molecule has 3 rings (SSSR count). The van der Waals surface area contributed by atoms with Gasteiger partial charge in [0.15, 0.2) is 0 Å². The molecule has 116 valence electrons. The lowest BCUT2D eigenvalue weighted by Crippen LogP contribution is -2.06. The molecule has 0 aliphatic rings. The van der Waals surface area contributed by atoms with Gasteiger partial charge in [-0.1, -0.05) is 48.5 Å². The van der Waals surface area contributed by atoms with E-state index in [4.69, 9.17) is 4.74 Å². The van der Waals surface area contributed by atoms with E-state index in [1.807, 2.05) is 70.8 Å². The minimum atomic E-state index is -0.563. The van der Waals surface area contributed by atoms with Crippen LogP contribution in [-0.4, -0.2) is 16.7 Å². The lowest BCUT2D eigenvalue weighted by atomic mass is 10.1. The fourth-order valence-corrected chi connectivity index (χ4v) is 3.13. The van der Waals surface area contributed by atoms with Gasteiger partial charge in [0.1, 0.15) is 4.67 Å². The zero-order chi connectivity index (χ0) is 16.1. The van der Waals surface area contributed by atoms with Crippen molar-refractivity contribution in [3.8, 4) is 16.8 Å². The molecule has 0 aliphatic carbocycles. The maximum absolute atomic E-state index is 11.8. The maximum Gasteiger partial charge on any atom is 0.435 e. The van der Waals surface area contributed by atoms with Crippen LogP contribution in [0, 0.1) is 0 Å². The SMILES string of the molecule is CCOC(=O)/N=c1\sn(-c2ccccc2)cc1-c1ccccc1. The standard InChI is InChI=1S/C18H16N2O2S/c1-2-22-18(21)19-17-16(14-9-5-3-6-10-14)13-20(23-17)15-11-7-4-8-12-15/h3-13H,2H2,1H3/b19-17-. The van der Waals surface area contributed by atoms with Gasteiger partial charge in [0.25, 0.3) is 0 Å². The van der Waals surface area contributed by atoms with Gasteiger partial charge >= 0.3 is 6.09 Å². The van der Waals surface area contributed by atoms with Crippen LogP contribution in [-0.2, 0) is 4.74 Å². The van der Waals surface area contributed by atoms with Crippen molar-refractivity contribution in [2.24, 2.45) is 4.99 Å². The fourth-order valence-electron chi connectivity index (χ4n) is 2.18. The van der Waals surface area contributed by atoms with E-state index in [0.717, 1.165) is 16.8 Å². The molecule has 23 heavy (non-hydrogen) atoms. The second-order valence-electron chi connectivity index (χ2n) is 4.78. The second-order valence-corrected chi connectivity index (χ2v) is 5.74. The summed E-state index contributed by atoms with van der Waals surface area (Å²) in [5.41, 5.74) is 2.95. The van der Waals surface area contributed by atoms with Crippen molar-refractivity contribution in [3.63, 3.8) is 0 Å². The Balaban J connectivity index is 2.13. The summed E-state index contributed by atoms with van der Waals surface area (Å²) in [4.78, 5) is 15.9. The van der Waals surface area contributed by atoms with Crippen LogP contribution in [0.5, 0.6) is 0 Å². The summed E-state index contributed by atoms with van der Waals surface area (Å²) in [6, 6.07) is 19.9. The van der Waals surface area contributed by atoms with Gasteiger partial charge in [-0.3, -0.25) is 3.96 Å². The van der Waals surface area contributed by atoms with Gasteiger partial charge in [0, 0.05) is 11.8 Å². The second kappa shape index (κ2) is 7.07. The first-order valence-electron chi connectivity index (χ1n) is 7.33. The first-order chi connectivity index (χ1) is 11.3. The summed E-state index contributed by atoms with van der Waals surface area (Å²) < 4.78 is 7.58. The molecule has 1 heterocycles. The lowest BCUT2D eigenvalue weighted by Gasteiger charge is -1.99. The molecule has 0 radical (unpaired) electrons. The van der Waals surface area contributed by atoms with Crippen molar-refractivity contribution in [2.75, 3.05) is 6.61 Å². The number of para-hydroxylation sites is 1. The number of rotatable bonds is 3. The van der Waals surface area contributed by atoms with Crippen LogP contribution in [0.25, 0.3) is 16.8 Å². The molecular formula is C18H16N2O2S. The summed E-state index contributed by atoms with van der Waals surface area (Å²) in [6.07, 6.45) is 1.43. The number of nitrogens with zero attached hydrogens (tertiary/aromatic N) is 2. The fraction of sp³-hybridized carbons (Fsp3) is 0.111. The summed E-state index contributed by atoms with van der Waals surface area (Å²) in [7, 11) is 0. The van der Waals surface area contributed by atoms with Gasteiger partial charge in [-0.05, 0) is 36.2 Å². The van der Waals surface area contributed by atoms with E-state index >= 15 is 0 Å². The largest absolute Gasteiger partial charge is 0.448 e. The Labute approximate surface area is 138 Å². The van der Waals surface area contributed by atoms with Crippen molar-refractivity contribution >= 4 is 17.6 Å². The van der Waals surface area contributed by atoms with Crippen LogP contribution in [0.1, 0.15) is 6.92 Å². The van der Waals surface area contributed by atoms with E-state index in [-0.39, 0.29) is 0 Å². The molecule has 0 saturated heterocycles. The molecule has 2 aromatic carbocycles. The van der Waals surface area contributed by atoms with Crippen molar-refractivity contribution in [1.29, 1.82) is 0 Å². The Morgan fingerprint density at radius 3 is 2.39 bits per heavy atom. The number of hydrogen-bond donors (Lipinski definition) is 0. The summed E-state index contributed by atoms with van der Waals surface area (Å²) in [5.74, 6) is 0. The number of amides is 1. The average molecular weight is 324 g/mol. The topological polar surface area (TPSA) is 43.6 Å². The monoisotopic (exact) mass is 324 g/mol. The van der Waals surface area contributed by atoms with Gasteiger partial charge in [-0.2, -0.15) is 4.99 Å². The highest BCUT2D eigenvalue weighted by molar-refractivity contribution is 7.04. The molecule has 5 heteroatoms. The molecule has 0 saturated carbocycles.